The monoisotopic (exact) mass is 290 g/mol. The summed E-state index contributed by atoms with van der Waals surface area (Å²) in [7, 11) is 1.55. The average Bonchev–Trinajstić information content (AvgIpc) is 3.00. The number of nitrogen functional groups attached to an aromatic ring is 1. The molecule has 3 heterocycles. The van der Waals surface area contributed by atoms with E-state index in [9.17, 15) is 0 Å². The number of hydrogen-bond donors (Lipinski definition) is 1. The van der Waals surface area contributed by atoms with Gasteiger partial charge >= 0.3 is 0 Å². The number of nitrogens with two attached hydrogens (primary N) is 1. The summed E-state index contributed by atoms with van der Waals surface area (Å²) < 4.78 is 7.03. The maximum absolute atomic E-state index is 6.03. The van der Waals surface area contributed by atoms with Gasteiger partial charge in [0.25, 0.3) is 0 Å². The van der Waals surface area contributed by atoms with Gasteiger partial charge in [-0.05, 0) is 13.8 Å². The zero-order chi connectivity index (χ0) is 14.3. The van der Waals surface area contributed by atoms with Gasteiger partial charge < -0.3 is 10.5 Å². The van der Waals surface area contributed by atoms with Crippen LogP contribution in [-0.4, -0.2) is 31.6 Å². The molecule has 0 amide bonds. The van der Waals surface area contributed by atoms with Crippen molar-refractivity contribution in [3.8, 4) is 5.88 Å². The highest BCUT2D eigenvalue weighted by molar-refractivity contribution is 7.11. The summed E-state index contributed by atoms with van der Waals surface area (Å²) in [5.41, 5.74) is 7.24. The quantitative estimate of drug-likeness (QED) is 0.790. The molecule has 0 saturated carbocycles. The molecule has 0 aliphatic carbocycles. The average molecular weight is 290 g/mol. The summed E-state index contributed by atoms with van der Waals surface area (Å²) in [5.74, 6) is 0.794. The van der Waals surface area contributed by atoms with Gasteiger partial charge in [-0.1, -0.05) is 0 Å². The van der Waals surface area contributed by atoms with E-state index in [0.29, 0.717) is 23.0 Å². The maximum Gasteiger partial charge on any atom is 0.245 e. The fourth-order valence-corrected chi connectivity index (χ4v) is 2.93. The van der Waals surface area contributed by atoms with Gasteiger partial charge in [-0.3, -0.25) is 4.57 Å². The largest absolute Gasteiger partial charge is 0.479 e. The Morgan fingerprint density at radius 3 is 2.80 bits per heavy atom. The molecule has 2 N–H and O–H groups in total. The van der Waals surface area contributed by atoms with Crippen molar-refractivity contribution in [1.29, 1.82) is 0 Å². The van der Waals surface area contributed by atoms with E-state index in [-0.39, 0.29) is 6.04 Å². The standard InChI is InChI=1S/C12H14N6OS/c1-6-4-14-11(20-6)7(2)18-9-8(17-12(18)13)10(19-3)16-5-15-9/h4-5,7H,1-3H3,(H2,13,17). The van der Waals surface area contributed by atoms with Gasteiger partial charge in [-0.2, -0.15) is 4.98 Å². The topological polar surface area (TPSA) is 91.7 Å². The van der Waals surface area contributed by atoms with Crippen LogP contribution < -0.4 is 10.5 Å². The first kappa shape index (κ1) is 12.8. The van der Waals surface area contributed by atoms with Crippen molar-refractivity contribution in [2.24, 2.45) is 0 Å². The molecule has 0 spiro atoms. The first-order chi connectivity index (χ1) is 9.61. The molecule has 0 fully saturated rings. The number of aryl methyl sites for hydroxylation is 1. The van der Waals surface area contributed by atoms with Gasteiger partial charge in [0, 0.05) is 11.1 Å². The van der Waals surface area contributed by atoms with Crippen molar-refractivity contribution < 1.29 is 4.74 Å². The minimum Gasteiger partial charge on any atom is -0.479 e. The molecular weight excluding hydrogens is 276 g/mol. The molecule has 3 aromatic heterocycles. The zero-order valence-corrected chi connectivity index (χ0v) is 12.2. The van der Waals surface area contributed by atoms with Crippen LogP contribution in [-0.2, 0) is 0 Å². The van der Waals surface area contributed by atoms with Gasteiger partial charge in [0.15, 0.2) is 11.2 Å². The predicted octanol–water partition coefficient (Wildman–Crippen LogP) is 1.79. The number of anilines is 1. The Bertz CT molecular complexity index is 764. The fraction of sp³-hybridized carbons (Fsp3) is 0.333. The highest BCUT2D eigenvalue weighted by Crippen LogP contribution is 2.30. The Kier molecular flexibility index (Phi) is 3.01. The number of hydrogen-bond acceptors (Lipinski definition) is 7. The van der Waals surface area contributed by atoms with E-state index in [1.165, 1.54) is 6.33 Å². The SMILES string of the molecule is COc1ncnc2c1nc(N)n2C(C)c1ncc(C)s1. The van der Waals surface area contributed by atoms with Crippen LogP contribution in [0.1, 0.15) is 22.9 Å². The number of thiazole rings is 1. The fourth-order valence-electron chi connectivity index (χ4n) is 2.11. The van der Waals surface area contributed by atoms with Gasteiger partial charge in [-0.15, -0.1) is 11.3 Å². The van der Waals surface area contributed by atoms with Crippen molar-refractivity contribution >= 4 is 28.4 Å². The van der Waals surface area contributed by atoms with Crippen LogP contribution in [0.4, 0.5) is 5.95 Å². The van der Waals surface area contributed by atoms with Gasteiger partial charge in [-0.25, -0.2) is 15.0 Å². The number of imidazole rings is 1. The second-order valence-electron chi connectivity index (χ2n) is 4.38. The third-order valence-corrected chi connectivity index (χ3v) is 4.13. The molecular formula is C12H14N6OS. The third kappa shape index (κ3) is 1.88. The summed E-state index contributed by atoms with van der Waals surface area (Å²) in [4.78, 5) is 18.2. The predicted molar refractivity (Wildman–Crippen MR) is 77.0 cm³/mol. The summed E-state index contributed by atoms with van der Waals surface area (Å²) in [6.07, 6.45) is 3.29. The van der Waals surface area contributed by atoms with E-state index >= 15 is 0 Å². The Morgan fingerprint density at radius 2 is 2.15 bits per heavy atom. The minimum absolute atomic E-state index is 0.0432. The molecule has 0 aliphatic rings. The van der Waals surface area contributed by atoms with Crippen LogP contribution in [0.5, 0.6) is 5.88 Å². The van der Waals surface area contributed by atoms with Crippen LogP contribution in [0.15, 0.2) is 12.5 Å². The zero-order valence-electron chi connectivity index (χ0n) is 11.4. The Hall–Kier alpha value is -2.22. The highest BCUT2D eigenvalue weighted by Gasteiger charge is 2.21. The summed E-state index contributed by atoms with van der Waals surface area (Å²) in [5, 5.41) is 0.964. The molecule has 3 rings (SSSR count). The first-order valence-corrected chi connectivity index (χ1v) is 6.88. The molecule has 1 unspecified atom stereocenters. The second kappa shape index (κ2) is 4.71. The van der Waals surface area contributed by atoms with Crippen LogP contribution in [0.3, 0.4) is 0 Å². The van der Waals surface area contributed by atoms with Crippen LogP contribution in [0.25, 0.3) is 11.2 Å². The molecule has 20 heavy (non-hydrogen) atoms. The van der Waals surface area contributed by atoms with Crippen molar-refractivity contribution in [1.82, 2.24) is 24.5 Å². The smallest absolute Gasteiger partial charge is 0.245 e. The normalized spacial score (nSPS) is 12.8. The van der Waals surface area contributed by atoms with E-state index in [2.05, 4.69) is 19.9 Å². The van der Waals surface area contributed by atoms with Gasteiger partial charge in [0.05, 0.1) is 13.2 Å². The lowest BCUT2D eigenvalue weighted by Crippen LogP contribution is -2.10. The first-order valence-electron chi connectivity index (χ1n) is 6.06. The molecule has 104 valence electrons. The summed E-state index contributed by atoms with van der Waals surface area (Å²) in [6, 6.07) is -0.0432. The lowest BCUT2D eigenvalue weighted by Gasteiger charge is -2.12. The van der Waals surface area contributed by atoms with E-state index in [1.807, 2.05) is 24.6 Å². The van der Waals surface area contributed by atoms with Crippen molar-refractivity contribution in [3.63, 3.8) is 0 Å². The summed E-state index contributed by atoms with van der Waals surface area (Å²) >= 11 is 1.63. The van der Waals surface area contributed by atoms with E-state index in [1.54, 1.807) is 18.4 Å². The highest BCUT2D eigenvalue weighted by atomic mass is 32.1. The molecule has 7 nitrogen and oxygen atoms in total. The Labute approximate surface area is 119 Å². The van der Waals surface area contributed by atoms with Gasteiger partial charge in [0.2, 0.25) is 11.8 Å². The van der Waals surface area contributed by atoms with E-state index in [0.717, 1.165) is 9.88 Å². The second-order valence-corrected chi connectivity index (χ2v) is 5.65. The lowest BCUT2D eigenvalue weighted by molar-refractivity contribution is 0.401. The molecule has 8 heteroatoms. The van der Waals surface area contributed by atoms with E-state index in [4.69, 9.17) is 10.5 Å². The molecule has 0 aromatic carbocycles. The van der Waals surface area contributed by atoms with Crippen LogP contribution in [0.2, 0.25) is 0 Å². The molecule has 0 saturated heterocycles. The van der Waals surface area contributed by atoms with Crippen molar-refractivity contribution in [3.05, 3.63) is 22.4 Å². The maximum atomic E-state index is 6.03. The number of aromatic nitrogens is 5. The Morgan fingerprint density at radius 1 is 1.35 bits per heavy atom. The molecule has 0 radical (unpaired) electrons. The summed E-state index contributed by atoms with van der Waals surface area (Å²) in [6.45, 7) is 4.04. The Balaban J connectivity index is 2.18. The number of rotatable bonds is 3. The number of nitrogens with zero attached hydrogens (tertiary/aromatic N) is 5. The minimum atomic E-state index is -0.0432. The molecule has 3 aromatic rings. The number of ether oxygens (including phenoxy) is 1. The third-order valence-electron chi connectivity index (χ3n) is 3.05. The molecule has 0 aliphatic heterocycles. The number of fused-ring (bicyclic) bond motifs is 1. The number of methoxy groups -OCH3 is 1. The van der Waals surface area contributed by atoms with Crippen LogP contribution >= 0.6 is 11.3 Å². The molecule has 1 atom stereocenters. The van der Waals surface area contributed by atoms with Crippen LogP contribution in [0, 0.1) is 6.92 Å². The van der Waals surface area contributed by atoms with Gasteiger partial charge in [0.1, 0.15) is 11.3 Å². The molecule has 0 bridgehead atoms. The lowest BCUT2D eigenvalue weighted by atomic mass is 10.3. The van der Waals surface area contributed by atoms with Crippen molar-refractivity contribution in [2.45, 2.75) is 19.9 Å². The van der Waals surface area contributed by atoms with Crippen molar-refractivity contribution in [2.75, 3.05) is 12.8 Å². The van der Waals surface area contributed by atoms with E-state index < -0.39 is 0 Å².